The lowest BCUT2D eigenvalue weighted by molar-refractivity contribution is -0.132. The molecular formula is C34H36N10O3S2. The Morgan fingerprint density at radius 1 is 1.14 bits per heavy atom. The smallest absolute Gasteiger partial charge is 0.241 e. The average molecular weight is 697 g/mol. The summed E-state index contributed by atoms with van der Waals surface area (Å²) < 4.78 is 6.81. The number of rotatable bonds is 10. The van der Waals surface area contributed by atoms with Crippen molar-refractivity contribution in [3.8, 4) is 27.8 Å². The Balaban J connectivity index is 0.881. The number of carbonyl (C=O) groups is 2. The second-order valence-corrected chi connectivity index (χ2v) is 15.0. The molecule has 0 radical (unpaired) electrons. The normalized spacial score (nSPS) is 19.7. The van der Waals surface area contributed by atoms with Gasteiger partial charge in [-0.1, -0.05) is 6.08 Å². The van der Waals surface area contributed by atoms with E-state index in [-0.39, 0.29) is 24.5 Å². The van der Waals surface area contributed by atoms with Crippen LogP contribution in [-0.2, 0) is 16.6 Å². The van der Waals surface area contributed by atoms with Crippen molar-refractivity contribution in [1.29, 1.82) is 0 Å². The Morgan fingerprint density at radius 3 is 2.78 bits per heavy atom. The molecule has 2 amide bonds. The van der Waals surface area contributed by atoms with Crippen molar-refractivity contribution in [1.82, 2.24) is 44.7 Å². The van der Waals surface area contributed by atoms with Gasteiger partial charge < -0.3 is 15.0 Å². The van der Waals surface area contributed by atoms with E-state index in [0.717, 1.165) is 56.9 Å². The number of aromatic nitrogens is 7. The molecule has 2 fully saturated rings. The summed E-state index contributed by atoms with van der Waals surface area (Å²) in [5, 5.41) is 17.0. The van der Waals surface area contributed by atoms with E-state index in [4.69, 9.17) is 4.74 Å². The van der Waals surface area contributed by atoms with Crippen LogP contribution in [0.4, 0.5) is 5.69 Å². The maximum absolute atomic E-state index is 13.8. The van der Waals surface area contributed by atoms with Crippen molar-refractivity contribution in [3.63, 3.8) is 0 Å². The number of ether oxygens (including phenoxy) is 1. The Labute approximate surface area is 291 Å². The van der Waals surface area contributed by atoms with Crippen LogP contribution < -0.4 is 10.1 Å². The molecule has 1 atom stereocenters. The number of aromatic amines is 1. The van der Waals surface area contributed by atoms with E-state index in [1.165, 1.54) is 0 Å². The van der Waals surface area contributed by atoms with Crippen LogP contribution in [0, 0.1) is 0 Å². The average Bonchev–Trinajstić information content (AvgIpc) is 3.52. The van der Waals surface area contributed by atoms with Gasteiger partial charge in [-0.2, -0.15) is 10.2 Å². The molecule has 1 saturated carbocycles. The number of likely N-dealkylation sites (tertiary alicyclic amines) is 1. The first-order chi connectivity index (χ1) is 23.9. The number of nitrogens with one attached hydrogen (secondary N) is 2. The molecule has 1 aromatic carbocycles. The third-order valence-electron chi connectivity index (χ3n) is 9.28. The third-order valence-corrected chi connectivity index (χ3v) is 11.6. The summed E-state index contributed by atoms with van der Waals surface area (Å²) in [7, 11) is 1.84. The SMILES string of the molecule is CS[C@@]1(C(=O)Nc2ccc3[nH]nc(-c4ccc(OC5CC5)nc4)c3c2)CCN(CC(=O)N2CC=C(c3ncc(-c4ncn(C)n4)s3)CC2)C1. The summed E-state index contributed by atoms with van der Waals surface area (Å²) in [4.78, 5) is 45.4. The number of carbonyl (C=O) groups excluding carboxylic acids is 2. The standard InChI is InChI=1S/C34H36N10O3S2/c1-42-20-37-31(41-42)27-17-36-32(49-27)21-9-12-44(13-10-21)29(45)18-43-14-11-34(19-43,48-2)33(46)38-23-4-7-26-25(15-23)30(40-39-26)22-3-8-28(35-16-22)47-24-5-6-24/h3-4,7-9,15-17,20,24H,5-6,10-14,18-19H2,1-2H3,(H,38,46)(H,39,40)/t34-/m0/s1. The Hall–Kier alpha value is -4.60. The van der Waals surface area contributed by atoms with Gasteiger partial charge in [-0.3, -0.25) is 24.3 Å². The Kier molecular flexibility index (Phi) is 8.41. The molecule has 13 nitrogen and oxygen atoms in total. The van der Waals surface area contributed by atoms with E-state index >= 15 is 0 Å². The topological polar surface area (TPSA) is 147 Å². The van der Waals surface area contributed by atoms with Crippen molar-refractivity contribution >= 4 is 57.1 Å². The lowest BCUT2D eigenvalue weighted by atomic mass is 10.1. The first-order valence-electron chi connectivity index (χ1n) is 16.3. The zero-order valence-electron chi connectivity index (χ0n) is 27.3. The lowest BCUT2D eigenvalue weighted by Gasteiger charge is -2.29. The molecule has 15 heteroatoms. The van der Waals surface area contributed by atoms with Gasteiger partial charge in [0.1, 0.15) is 27.9 Å². The van der Waals surface area contributed by atoms with Crippen LogP contribution >= 0.6 is 23.1 Å². The molecule has 2 aliphatic heterocycles. The summed E-state index contributed by atoms with van der Waals surface area (Å²) in [6.07, 6.45) is 13.2. The van der Waals surface area contributed by atoms with E-state index in [9.17, 15) is 9.59 Å². The first kappa shape index (κ1) is 31.7. The zero-order chi connectivity index (χ0) is 33.5. The van der Waals surface area contributed by atoms with Crippen LogP contribution in [0.5, 0.6) is 5.88 Å². The van der Waals surface area contributed by atoms with Crippen molar-refractivity contribution in [2.75, 3.05) is 44.3 Å². The number of amides is 2. The van der Waals surface area contributed by atoms with Crippen LogP contribution in [-0.4, -0.2) is 106 Å². The molecule has 5 aromatic rings. The van der Waals surface area contributed by atoms with E-state index < -0.39 is 4.75 Å². The number of thioether (sulfide) groups is 1. The molecular weight excluding hydrogens is 661 g/mol. The minimum Gasteiger partial charge on any atom is -0.474 e. The highest BCUT2D eigenvalue weighted by atomic mass is 32.2. The number of fused-ring (bicyclic) bond motifs is 1. The molecule has 0 bridgehead atoms. The summed E-state index contributed by atoms with van der Waals surface area (Å²) >= 11 is 3.12. The van der Waals surface area contributed by atoms with E-state index in [1.54, 1.807) is 40.3 Å². The quantitative estimate of drug-likeness (QED) is 0.214. The maximum Gasteiger partial charge on any atom is 0.241 e. The predicted molar refractivity (Wildman–Crippen MR) is 190 cm³/mol. The Bertz CT molecular complexity index is 2050. The molecule has 252 valence electrons. The summed E-state index contributed by atoms with van der Waals surface area (Å²) in [6.45, 7) is 2.64. The van der Waals surface area contributed by atoms with Gasteiger partial charge in [0.15, 0.2) is 5.82 Å². The largest absolute Gasteiger partial charge is 0.474 e. The summed E-state index contributed by atoms with van der Waals surface area (Å²) in [5.74, 6) is 1.31. The van der Waals surface area contributed by atoms with Crippen molar-refractivity contribution in [2.45, 2.75) is 36.5 Å². The minimum absolute atomic E-state index is 0.0585. The number of pyridine rings is 1. The first-order valence-corrected chi connectivity index (χ1v) is 18.4. The van der Waals surface area contributed by atoms with Gasteiger partial charge in [-0.15, -0.1) is 23.1 Å². The van der Waals surface area contributed by atoms with Gasteiger partial charge >= 0.3 is 0 Å². The highest BCUT2D eigenvalue weighted by Crippen LogP contribution is 2.37. The Morgan fingerprint density at radius 2 is 2.04 bits per heavy atom. The number of hydrogen-bond donors (Lipinski definition) is 2. The van der Waals surface area contributed by atoms with Crippen LogP contribution in [0.15, 0.2) is 55.1 Å². The van der Waals surface area contributed by atoms with Gasteiger partial charge in [-0.25, -0.2) is 15.0 Å². The van der Waals surface area contributed by atoms with Crippen molar-refractivity contribution in [3.05, 3.63) is 60.1 Å². The fraction of sp³-hybridized carbons (Fsp3) is 0.382. The number of hydrogen-bond acceptors (Lipinski definition) is 11. The van der Waals surface area contributed by atoms with Crippen LogP contribution in [0.3, 0.4) is 0 Å². The third kappa shape index (κ3) is 6.57. The number of nitrogens with zero attached hydrogens (tertiary/aromatic N) is 8. The fourth-order valence-corrected chi connectivity index (χ4v) is 8.06. The molecule has 8 rings (SSSR count). The summed E-state index contributed by atoms with van der Waals surface area (Å²) in [5.41, 5.74) is 4.34. The van der Waals surface area contributed by atoms with Crippen molar-refractivity contribution < 1.29 is 14.3 Å². The minimum atomic E-state index is -0.657. The number of aryl methyl sites for hydroxylation is 1. The number of benzene rings is 1. The number of thiazole rings is 1. The molecule has 2 N–H and O–H groups in total. The van der Waals surface area contributed by atoms with E-state index in [1.807, 2.05) is 54.7 Å². The molecule has 6 heterocycles. The molecule has 1 aliphatic carbocycles. The monoisotopic (exact) mass is 696 g/mol. The number of H-pyrrole nitrogens is 1. The van der Waals surface area contributed by atoms with Crippen LogP contribution in [0.25, 0.3) is 38.4 Å². The highest BCUT2D eigenvalue weighted by molar-refractivity contribution is 8.00. The van der Waals surface area contributed by atoms with Crippen molar-refractivity contribution in [2.24, 2.45) is 7.05 Å². The molecule has 0 unspecified atom stereocenters. The molecule has 4 aromatic heterocycles. The van der Waals surface area contributed by atoms with Crippen LogP contribution in [0.1, 0.15) is 30.7 Å². The maximum atomic E-state index is 13.8. The second-order valence-electron chi connectivity index (χ2n) is 12.7. The predicted octanol–water partition coefficient (Wildman–Crippen LogP) is 4.48. The molecule has 49 heavy (non-hydrogen) atoms. The number of anilines is 1. The summed E-state index contributed by atoms with van der Waals surface area (Å²) in [6, 6.07) is 9.59. The molecule has 1 saturated heterocycles. The van der Waals surface area contributed by atoms with Gasteiger partial charge in [0.2, 0.25) is 17.7 Å². The van der Waals surface area contributed by atoms with Gasteiger partial charge in [0.05, 0.1) is 16.9 Å². The van der Waals surface area contributed by atoms with E-state index in [2.05, 4.69) is 46.5 Å². The zero-order valence-corrected chi connectivity index (χ0v) is 28.9. The highest BCUT2D eigenvalue weighted by Gasteiger charge is 2.44. The molecule has 0 spiro atoms. The lowest BCUT2D eigenvalue weighted by Crippen LogP contribution is -2.45. The fourth-order valence-electron chi connectivity index (χ4n) is 6.30. The van der Waals surface area contributed by atoms with Gasteiger partial charge in [-0.05, 0) is 61.8 Å². The van der Waals surface area contributed by atoms with Crippen LogP contribution in [0.2, 0.25) is 0 Å². The van der Waals surface area contributed by atoms with E-state index in [0.29, 0.717) is 50.0 Å². The second kappa shape index (κ2) is 13.0. The molecule has 3 aliphatic rings. The van der Waals surface area contributed by atoms with Gasteiger partial charge in [0.25, 0.3) is 0 Å². The van der Waals surface area contributed by atoms with Gasteiger partial charge in [0, 0.05) is 68.3 Å².